The number of amides is 8. The number of carboxylic acids is 2. The number of nitrogens with one attached hydrogen (secondary N) is 12. The lowest BCUT2D eigenvalue weighted by molar-refractivity contribution is -0.142. The van der Waals surface area contributed by atoms with E-state index in [1.165, 1.54) is 31.3 Å². The van der Waals surface area contributed by atoms with E-state index in [2.05, 4.69) is 52.5 Å². The van der Waals surface area contributed by atoms with E-state index in [1.54, 1.807) is 0 Å². The van der Waals surface area contributed by atoms with Gasteiger partial charge in [0.15, 0.2) is 11.9 Å². The Hall–Kier alpha value is -7.59. The Balaban J connectivity index is 2.17. The van der Waals surface area contributed by atoms with Crippen LogP contribution >= 0.6 is 0 Å². The maximum absolute atomic E-state index is 14.2. The van der Waals surface area contributed by atoms with Crippen LogP contribution in [0.1, 0.15) is 64.5 Å². The number of hydrogen-bond donors (Lipinski definition) is 17. The Morgan fingerprint density at radius 2 is 1.36 bits per heavy atom. The van der Waals surface area contributed by atoms with Gasteiger partial charge in [-0.15, -0.1) is 0 Å². The summed E-state index contributed by atoms with van der Waals surface area (Å²) in [5.41, 5.74) is 17.1. The van der Waals surface area contributed by atoms with Crippen molar-refractivity contribution >= 4 is 71.1 Å². The fourth-order valence-corrected chi connectivity index (χ4v) is 6.56. The van der Waals surface area contributed by atoms with Crippen molar-refractivity contribution in [2.24, 2.45) is 23.1 Å². The zero-order valence-electron chi connectivity index (χ0n) is 37.2. The molecule has 2 heterocycles. The highest BCUT2D eigenvalue weighted by Gasteiger charge is 2.39. The first-order valence-corrected chi connectivity index (χ1v) is 21.2. The first kappa shape index (κ1) is 55.5. The summed E-state index contributed by atoms with van der Waals surface area (Å²) in [6.07, 6.45) is 3.08. The summed E-state index contributed by atoms with van der Waals surface area (Å²) in [6.45, 7) is 1.48. The molecule has 1 fully saturated rings. The molecule has 67 heavy (non-hydrogen) atoms. The van der Waals surface area contributed by atoms with Crippen LogP contribution in [-0.4, -0.2) is 172 Å². The SMILES string of the molecule is CC(C)[C@H](NC(=O)[C@H](CC(=O)O)NC(=O)CNC(=O)[C@@H]1CCCN1C(=O)[C@H](Cc1c[nH]cn1)NC(=O)[C@H](CCCNC(=N)N)NC(=O)[C@@H](N)CCCNC(=N)N)C(=O)NCC(=O)NCC(=O)O. The second kappa shape index (κ2) is 28.3. The van der Waals surface area contributed by atoms with E-state index in [-0.39, 0.29) is 63.7 Å². The smallest absolute Gasteiger partial charge is 0.322 e. The van der Waals surface area contributed by atoms with Gasteiger partial charge in [-0.1, -0.05) is 13.8 Å². The average Bonchev–Trinajstić information content (AvgIpc) is 3.97. The number of aromatic amines is 1. The highest BCUT2D eigenvalue weighted by atomic mass is 16.4. The van der Waals surface area contributed by atoms with Gasteiger partial charge in [0.25, 0.3) is 0 Å². The van der Waals surface area contributed by atoms with Gasteiger partial charge in [0.05, 0.1) is 37.6 Å². The average molecular weight is 950 g/mol. The number of likely N-dealkylation sites (tertiary alicyclic amines) is 1. The summed E-state index contributed by atoms with van der Waals surface area (Å²) in [4.78, 5) is 136. The molecule has 20 N–H and O–H groups in total. The summed E-state index contributed by atoms with van der Waals surface area (Å²) in [7, 11) is 0. The van der Waals surface area contributed by atoms with Crippen LogP contribution in [0.4, 0.5) is 0 Å². The predicted octanol–water partition coefficient (Wildman–Crippen LogP) is -6.70. The number of carboxylic acid groups (broad SMARTS) is 2. The topological polar surface area (TPSA) is 477 Å². The van der Waals surface area contributed by atoms with Crippen molar-refractivity contribution in [3.63, 3.8) is 0 Å². The lowest BCUT2D eigenvalue weighted by Crippen LogP contribution is -2.59. The first-order chi connectivity index (χ1) is 31.6. The van der Waals surface area contributed by atoms with Gasteiger partial charge in [-0.25, -0.2) is 4.98 Å². The molecule has 29 nitrogen and oxygen atoms in total. The molecule has 0 saturated carbocycles. The minimum absolute atomic E-state index is 0.0247. The lowest BCUT2D eigenvalue weighted by Gasteiger charge is -2.30. The Morgan fingerprint density at radius 3 is 1.94 bits per heavy atom. The van der Waals surface area contributed by atoms with E-state index >= 15 is 0 Å². The molecule has 8 amide bonds. The zero-order valence-corrected chi connectivity index (χ0v) is 37.2. The van der Waals surface area contributed by atoms with E-state index in [9.17, 15) is 53.1 Å². The molecule has 0 bridgehead atoms. The quantitative estimate of drug-likeness (QED) is 0.0202. The molecular formula is C38H63N17O12. The Bertz CT molecular complexity index is 1930. The molecule has 1 aliphatic rings. The molecule has 2 rings (SSSR count). The van der Waals surface area contributed by atoms with Gasteiger partial charge >= 0.3 is 11.9 Å². The largest absolute Gasteiger partial charge is 0.481 e. The van der Waals surface area contributed by atoms with Crippen LogP contribution in [0.3, 0.4) is 0 Å². The second-order valence-electron chi connectivity index (χ2n) is 15.7. The number of nitrogens with zero attached hydrogens (tertiary/aromatic N) is 2. The number of carbonyl (C=O) groups is 10. The van der Waals surface area contributed by atoms with Crippen molar-refractivity contribution in [1.29, 1.82) is 10.8 Å². The molecule has 29 heteroatoms. The third-order valence-electron chi connectivity index (χ3n) is 9.94. The lowest BCUT2D eigenvalue weighted by atomic mass is 10.0. The van der Waals surface area contributed by atoms with Crippen molar-refractivity contribution in [3.8, 4) is 0 Å². The summed E-state index contributed by atoms with van der Waals surface area (Å²) in [5, 5.41) is 54.6. The Kier molecular flexibility index (Phi) is 23.5. The standard InChI is InChI=1S/C38H63N17O12/c1-19(2)30(35(66)49-15-26(56)47-17-29(60)61)54-33(64)23(13-28(58)59)51-27(57)16-48-34(65)25-8-5-11-55(25)36(67)24(12-20-14-44-18-50-20)53-32(63)22(7-4-10-46-38(42)43)52-31(62)21(39)6-3-9-45-37(40)41/h14,18-19,21-25,30H,3-13,15-17,39H2,1-2H3,(H,44,50)(H,47,56)(H,48,65)(H,49,66)(H,51,57)(H,52,62)(H,53,63)(H,54,64)(H,58,59)(H,60,61)(H4,40,41,45)(H4,42,43,46)/t21-,22-,23-,24-,25-,30-/m0/s1. The molecule has 0 aliphatic carbocycles. The number of hydrogen-bond acceptors (Lipinski definition) is 14. The number of guanidine groups is 2. The molecule has 0 spiro atoms. The maximum atomic E-state index is 14.2. The molecule has 1 aliphatic heterocycles. The summed E-state index contributed by atoms with van der Waals surface area (Å²) >= 11 is 0. The number of carbonyl (C=O) groups excluding carboxylic acids is 8. The number of rotatable bonds is 29. The van der Waals surface area contributed by atoms with Crippen LogP contribution in [0.2, 0.25) is 0 Å². The van der Waals surface area contributed by atoms with Gasteiger partial charge in [0, 0.05) is 32.3 Å². The molecular weight excluding hydrogens is 887 g/mol. The van der Waals surface area contributed by atoms with Crippen molar-refractivity contribution in [2.45, 2.75) is 101 Å². The van der Waals surface area contributed by atoms with Crippen LogP contribution < -0.4 is 65.1 Å². The van der Waals surface area contributed by atoms with E-state index in [1.807, 2.05) is 5.32 Å². The minimum atomic E-state index is -1.74. The minimum Gasteiger partial charge on any atom is -0.481 e. The van der Waals surface area contributed by atoms with Gasteiger partial charge < -0.3 is 85.1 Å². The fraction of sp³-hybridized carbons (Fsp3) is 0.605. The highest BCUT2D eigenvalue weighted by Crippen LogP contribution is 2.20. The third kappa shape index (κ3) is 20.9. The number of aliphatic carboxylic acids is 2. The Labute approximate surface area is 384 Å². The predicted molar refractivity (Wildman–Crippen MR) is 235 cm³/mol. The van der Waals surface area contributed by atoms with Crippen LogP contribution in [0, 0.1) is 16.7 Å². The van der Waals surface area contributed by atoms with E-state index < -0.39 is 127 Å². The third-order valence-corrected chi connectivity index (χ3v) is 9.94. The molecule has 372 valence electrons. The van der Waals surface area contributed by atoms with Crippen molar-refractivity contribution in [2.75, 3.05) is 39.3 Å². The van der Waals surface area contributed by atoms with E-state index in [0.29, 0.717) is 18.5 Å². The molecule has 6 atom stereocenters. The number of imidazole rings is 1. The van der Waals surface area contributed by atoms with E-state index in [4.69, 9.17) is 33.1 Å². The maximum Gasteiger partial charge on any atom is 0.322 e. The van der Waals surface area contributed by atoms with Crippen molar-refractivity contribution in [3.05, 3.63) is 18.2 Å². The van der Waals surface area contributed by atoms with Crippen LogP contribution in [0.25, 0.3) is 0 Å². The molecule has 1 aromatic heterocycles. The van der Waals surface area contributed by atoms with Gasteiger partial charge in [0.1, 0.15) is 36.8 Å². The fourth-order valence-electron chi connectivity index (χ4n) is 6.56. The normalized spacial score (nSPS) is 15.3. The van der Waals surface area contributed by atoms with Crippen LogP contribution in [0.15, 0.2) is 12.5 Å². The molecule has 1 saturated heterocycles. The second-order valence-corrected chi connectivity index (χ2v) is 15.7. The number of H-pyrrole nitrogens is 1. The number of aromatic nitrogens is 2. The van der Waals surface area contributed by atoms with Crippen molar-refractivity contribution in [1.82, 2.24) is 62.7 Å². The Morgan fingerprint density at radius 1 is 0.746 bits per heavy atom. The van der Waals surface area contributed by atoms with E-state index in [0.717, 1.165) is 0 Å². The molecule has 0 radical (unpaired) electrons. The van der Waals surface area contributed by atoms with Gasteiger partial charge in [-0.05, 0) is 44.4 Å². The molecule has 1 aromatic rings. The van der Waals surface area contributed by atoms with Gasteiger partial charge in [-0.2, -0.15) is 0 Å². The summed E-state index contributed by atoms with van der Waals surface area (Å²) < 4.78 is 0. The highest BCUT2D eigenvalue weighted by molar-refractivity contribution is 5.98. The number of nitrogens with two attached hydrogens (primary N) is 3. The summed E-state index contributed by atoms with van der Waals surface area (Å²) in [5.74, 6) is -10.7. The van der Waals surface area contributed by atoms with Gasteiger partial charge in [0.2, 0.25) is 47.3 Å². The molecule has 0 unspecified atom stereocenters. The monoisotopic (exact) mass is 949 g/mol. The van der Waals surface area contributed by atoms with Crippen LogP contribution in [0.5, 0.6) is 0 Å². The van der Waals surface area contributed by atoms with Crippen molar-refractivity contribution < 1.29 is 58.2 Å². The first-order valence-electron chi connectivity index (χ1n) is 21.2. The van der Waals surface area contributed by atoms with Gasteiger partial charge in [-0.3, -0.25) is 58.8 Å². The molecule has 0 aromatic carbocycles. The zero-order chi connectivity index (χ0) is 50.2. The van der Waals surface area contributed by atoms with Crippen LogP contribution in [-0.2, 0) is 54.4 Å². The summed E-state index contributed by atoms with van der Waals surface area (Å²) in [6, 6.07) is -7.80.